The van der Waals surface area contributed by atoms with Crippen LogP contribution in [0.1, 0.15) is 12.8 Å². The Morgan fingerprint density at radius 2 is 2.42 bits per heavy atom. The van der Waals surface area contributed by atoms with Crippen LogP contribution in [0.5, 0.6) is 0 Å². The summed E-state index contributed by atoms with van der Waals surface area (Å²) in [6.45, 7) is 1.84. The maximum atomic E-state index is 11.2. The molecule has 7 heteroatoms. The Balaban J connectivity index is 1.83. The lowest BCUT2D eigenvalue weighted by atomic mass is 10.2. The van der Waals surface area contributed by atoms with Crippen molar-refractivity contribution in [2.45, 2.75) is 12.7 Å². The van der Waals surface area contributed by atoms with Gasteiger partial charge in [0.05, 0.1) is 23.7 Å². The van der Waals surface area contributed by atoms with Gasteiger partial charge in [-0.1, -0.05) is 13.0 Å². The van der Waals surface area contributed by atoms with Crippen LogP contribution in [0.3, 0.4) is 0 Å². The van der Waals surface area contributed by atoms with Crippen molar-refractivity contribution < 1.29 is 13.9 Å². The Labute approximate surface area is 119 Å². The molecule has 0 aliphatic heterocycles. The molecule has 102 valence electrons. The van der Waals surface area contributed by atoms with E-state index in [-0.39, 0.29) is 11.9 Å². The van der Waals surface area contributed by atoms with E-state index in [0.717, 1.165) is 4.88 Å². The predicted molar refractivity (Wildman–Crippen MR) is 75.0 cm³/mol. The van der Waals surface area contributed by atoms with Crippen LogP contribution >= 0.6 is 23.1 Å². The molecule has 0 aromatic carbocycles. The van der Waals surface area contributed by atoms with Crippen molar-refractivity contribution in [2.75, 3.05) is 12.9 Å². The fraction of sp³-hybridized carbons (Fsp3) is 0.417. The van der Waals surface area contributed by atoms with E-state index in [4.69, 9.17) is 4.42 Å². The van der Waals surface area contributed by atoms with Crippen molar-refractivity contribution in [3.8, 4) is 10.8 Å². The molecular formula is C12H14N2O3S2. The van der Waals surface area contributed by atoms with E-state index in [1.807, 2.05) is 24.4 Å². The Morgan fingerprint density at radius 3 is 3.11 bits per heavy atom. The van der Waals surface area contributed by atoms with Gasteiger partial charge < -0.3 is 9.15 Å². The standard InChI is InChI=1S/C12H14N2O3S2/c1-8(12(15)16-2)6-18-7-10-13-14-11(17-10)9-4-3-5-19-9/h3-5,8H,6-7H2,1-2H3. The number of thiophene rings is 1. The molecule has 2 aromatic rings. The van der Waals surface area contributed by atoms with Crippen LogP contribution in [0, 0.1) is 5.92 Å². The highest BCUT2D eigenvalue weighted by Crippen LogP contribution is 2.24. The molecule has 0 saturated heterocycles. The summed E-state index contributed by atoms with van der Waals surface area (Å²) < 4.78 is 10.2. The molecular weight excluding hydrogens is 284 g/mol. The highest BCUT2D eigenvalue weighted by Gasteiger charge is 2.14. The quantitative estimate of drug-likeness (QED) is 0.764. The van der Waals surface area contributed by atoms with Crippen molar-refractivity contribution in [3.05, 3.63) is 23.4 Å². The average molecular weight is 298 g/mol. The number of aromatic nitrogens is 2. The number of ether oxygens (including phenoxy) is 1. The summed E-state index contributed by atoms with van der Waals surface area (Å²) in [6.07, 6.45) is 0. The molecule has 0 aliphatic carbocycles. The van der Waals surface area contributed by atoms with Crippen molar-refractivity contribution >= 4 is 29.1 Å². The van der Waals surface area contributed by atoms with E-state index >= 15 is 0 Å². The molecule has 0 spiro atoms. The summed E-state index contributed by atoms with van der Waals surface area (Å²) in [6, 6.07) is 3.88. The molecule has 0 saturated carbocycles. The molecule has 0 amide bonds. The van der Waals surface area contributed by atoms with E-state index in [1.165, 1.54) is 7.11 Å². The SMILES string of the molecule is COC(=O)C(C)CSCc1nnc(-c2cccs2)o1. The van der Waals surface area contributed by atoms with Crippen molar-refractivity contribution in [1.29, 1.82) is 0 Å². The van der Waals surface area contributed by atoms with Gasteiger partial charge in [0.1, 0.15) is 0 Å². The molecule has 2 aromatic heterocycles. The van der Waals surface area contributed by atoms with Crippen molar-refractivity contribution in [1.82, 2.24) is 10.2 Å². The van der Waals surface area contributed by atoms with Crippen LogP contribution < -0.4 is 0 Å². The summed E-state index contributed by atoms with van der Waals surface area (Å²) in [5.74, 6) is 2.06. The average Bonchev–Trinajstić information content (AvgIpc) is 3.07. The van der Waals surface area contributed by atoms with Gasteiger partial charge in [-0.3, -0.25) is 4.79 Å². The van der Waals surface area contributed by atoms with Crippen LogP contribution in [-0.4, -0.2) is 29.0 Å². The minimum atomic E-state index is -0.197. The number of nitrogens with zero attached hydrogens (tertiary/aromatic N) is 2. The number of hydrogen-bond acceptors (Lipinski definition) is 7. The first-order valence-electron chi connectivity index (χ1n) is 5.72. The van der Waals surface area contributed by atoms with Gasteiger partial charge in [0, 0.05) is 5.75 Å². The van der Waals surface area contributed by atoms with Crippen LogP contribution in [-0.2, 0) is 15.3 Å². The number of hydrogen-bond donors (Lipinski definition) is 0. The van der Waals surface area contributed by atoms with Crippen LogP contribution in [0.25, 0.3) is 10.8 Å². The Bertz CT molecular complexity index is 525. The normalized spacial score (nSPS) is 12.3. The summed E-state index contributed by atoms with van der Waals surface area (Å²) in [7, 11) is 1.40. The number of methoxy groups -OCH3 is 1. The van der Waals surface area contributed by atoms with Crippen LogP contribution in [0.2, 0.25) is 0 Å². The minimum Gasteiger partial charge on any atom is -0.469 e. The van der Waals surface area contributed by atoms with Gasteiger partial charge in [0.2, 0.25) is 5.89 Å². The maximum absolute atomic E-state index is 11.2. The van der Waals surface area contributed by atoms with Crippen LogP contribution in [0.15, 0.2) is 21.9 Å². The fourth-order valence-corrected chi connectivity index (χ4v) is 2.95. The first-order chi connectivity index (χ1) is 9.20. The lowest BCUT2D eigenvalue weighted by Crippen LogP contribution is -2.14. The third kappa shape index (κ3) is 3.81. The second kappa shape index (κ2) is 6.72. The van der Waals surface area contributed by atoms with E-state index in [2.05, 4.69) is 14.9 Å². The van der Waals surface area contributed by atoms with Gasteiger partial charge in [0.25, 0.3) is 5.89 Å². The number of thioether (sulfide) groups is 1. The van der Waals surface area contributed by atoms with Gasteiger partial charge in [-0.2, -0.15) is 11.8 Å². The molecule has 2 heterocycles. The largest absolute Gasteiger partial charge is 0.469 e. The van der Waals surface area contributed by atoms with E-state index in [1.54, 1.807) is 23.1 Å². The minimum absolute atomic E-state index is 0.130. The third-order valence-electron chi connectivity index (χ3n) is 2.40. The molecule has 1 atom stereocenters. The topological polar surface area (TPSA) is 65.2 Å². The highest BCUT2D eigenvalue weighted by molar-refractivity contribution is 7.98. The van der Waals surface area contributed by atoms with Crippen LogP contribution in [0.4, 0.5) is 0 Å². The zero-order chi connectivity index (χ0) is 13.7. The zero-order valence-corrected chi connectivity index (χ0v) is 12.3. The van der Waals surface area contributed by atoms with E-state index < -0.39 is 0 Å². The molecule has 19 heavy (non-hydrogen) atoms. The van der Waals surface area contributed by atoms with E-state index in [0.29, 0.717) is 23.3 Å². The summed E-state index contributed by atoms with van der Waals surface area (Å²) in [4.78, 5) is 12.2. The zero-order valence-electron chi connectivity index (χ0n) is 10.7. The summed E-state index contributed by atoms with van der Waals surface area (Å²) >= 11 is 3.14. The monoisotopic (exact) mass is 298 g/mol. The summed E-state index contributed by atoms with van der Waals surface area (Å²) in [5.41, 5.74) is 0. The predicted octanol–water partition coefficient (Wildman–Crippen LogP) is 2.84. The highest BCUT2D eigenvalue weighted by atomic mass is 32.2. The lowest BCUT2D eigenvalue weighted by Gasteiger charge is -2.06. The van der Waals surface area contributed by atoms with Gasteiger partial charge >= 0.3 is 5.97 Å². The fourth-order valence-electron chi connectivity index (χ4n) is 1.40. The van der Waals surface area contributed by atoms with Gasteiger partial charge in [-0.25, -0.2) is 0 Å². The second-order valence-corrected chi connectivity index (χ2v) is 5.90. The molecule has 5 nitrogen and oxygen atoms in total. The Morgan fingerprint density at radius 1 is 1.58 bits per heavy atom. The first-order valence-corrected chi connectivity index (χ1v) is 7.76. The number of rotatable bonds is 6. The molecule has 0 bridgehead atoms. The van der Waals surface area contributed by atoms with Gasteiger partial charge in [0.15, 0.2) is 0 Å². The molecule has 0 radical (unpaired) electrons. The number of esters is 1. The lowest BCUT2D eigenvalue weighted by molar-refractivity contribution is -0.143. The third-order valence-corrected chi connectivity index (χ3v) is 4.44. The Kier molecular flexibility index (Phi) is 4.98. The molecule has 0 aliphatic rings. The van der Waals surface area contributed by atoms with Crippen molar-refractivity contribution in [2.24, 2.45) is 5.92 Å². The molecule has 0 fully saturated rings. The first kappa shape index (κ1) is 14.1. The molecule has 2 rings (SSSR count). The van der Waals surface area contributed by atoms with Crippen molar-refractivity contribution in [3.63, 3.8) is 0 Å². The van der Waals surface area contributed by atoms with Gasteiger partial charge in [-0.15, -0.1) is 21.5 Å². The number of carbonyl (C=O) groups is 1. The Hall–Kier alpha value is -1.34. The summed E-state index contributed by atoms with van der Waals surface area (Å²) in [5, 5.41) is 9.95. The van der Waals surface area contributed by atoms with Gasteiger partial charge in [-0.05, 0) is 11.4 Å². The molecule has 1 unspecified atom stereocenters. The molecule has 0 N–H and O–H groups in total. The van der Waals surface area contributed by atoms with E-state index in [9.17, 15) is 4.79 Å². The smallest absolute Gasteiger partial charge is 0.309 e. The number of carbonyl (C=O) groups excluding carboxylic acids is 1. The maximum Gasteiger partial charge on any atom is 0.309 e. The second-order valence-electron chi connectivity index (χ2n) is 3.92.